The van der Waals surface area contributed by atoms with Crippen molar-refractivity contribution in [3.05, 3.63) is 52.5 Å². The Morgan fingerprint density at radius 1 is 1.33 bits per heavy atom. The average molecular weight is 345 g/mol. The minimum atomic E-state index is 0.567. The first-order valence-corrected chi connectivity index (χ1v) is 7.94. The third-order valence-corrected chi connectivity index (χ3v) is 4.85. The third-order valence-electron chi connectivity index (χ3n) is 4.07. The fourth-order valence-electron chi connectivity index (χ4n) is 2.87. The molecule has 0 bridgehead atoms. The van der Waals surface area contributed by atoms with E-state index < -0.39 is 0 Å². The summed E-state index contributed by atoms with van der Waals surface area (Å²) < 4.78 is 3.29. The number of benzene rings is 1. The molecule has 0 N–H and O–H groups in total. The van der Waals surface area contributed by atoms with Crippen LogP contribution in [0.25, 0.3) is 0 Å². The zero-order valence-electron chi connectivity index (χ0n) is 11.7. The van der Waals surface area contributed by atoms with Crippen molar-refractivity contribution < 1.29 is 0 Å². The summed E-state index contributed by atoms with van der Waals surface area (Å²) in [6.45, 7) is 3.05. The van der Waals surface area contributed by atoms with Crippen LogP contribution >= 0.6 is 15.9 Å². The molecule has 1 aliphatic heterocycles. The molecule has 0 aliphatic carbocycles. The van der Waals surface area contributed by atoms with Crippen LogP contribution in [0.3, 0.4) is 0 Å². The Hall–Kier alpha value is -1.64. The molecule has 0 atom stereocenters. The first kappa shape index (κ1) is 14.3. The number of likely N-dealkylation sites (tertiary alicyclic amines) is 1. The van der Waals surface area contributed by atoms with Gasteiger partial charge >= 0.3 is 0 Å². The number of halogens is 1. The van der Waals surface area contributed by atoms with E-state index in [1.54, 1.807) is 0 Å². The predicted molar refractivity (Wildman–Crippen MR) is 84.6 cm³/mol. The average Bonchev–Trinajstić information content (AvgIpc) is 3.04. The second-order valence-electron chi connectivity index (χ2n) is 5.44. The van der Waals surface area contributed by atoms with Crippen LogP contribution < -0.4 is 0 Å². The molecule has 21 heavy (non-hydrogen) atoms. The van der Waals surface area contributed by atoms with E-state index in [0.717, 1.165) is 42.5 Å². The van der Waals surface area contributed by atoms with Gasteiger partial charge in [-0.1, -0.05) is 15.9 Å². The summed E-state index contributed by atoms with van der Waals surface area (Å²) in [6.07, 6.45) is 8.09. The Kier molecular flexibility index (Phi) is 4.37. The van der Waals surface area contributed by atoms with E-state index in [-0.39, 0.29) is 0 Å². The molecule has 1 fully saturated rings. The number of hydrogen-bond donors (Lipinski definition) is 0. The summed E-state index contributed by atoms with van der Waals surface area (Å²) in [5.74, 6) is 0. The lowest BCUT2D eigenvalue weighted by Crippen LogP contribution is -2.34. The van der Waals surface area contributed by atoms with Crippen molar-refractivity contribution in [2.75, 3.05) is 13.1 Å². The molecule has 0 amide bonds. The van der Waals surface area contributed by atoms with Gasteiger partial charge in [0.15, 0.2) is 0 Å². The molecule has 108 valence electrons. The SMILES string of the molecule is N#Cc1ccc(Br)c(CN2CCC(n3ccnc3)CC2)c1. The van der Waals surface area contributed by atoms with Crippen molar-refractivity contribution in [3.8, 4) is 6.07 Å². The van der Waals surface area contributed by atoms with Crippen LogP contribution in [0.15, 0.2) is 41.4 Å². The molecule has 2 heterocycles. The topological polar surface area (TPSA) is 44.9 Å². The van der Waals surface area contributed by atoms with Gasteiger partial charge in [0.25, 0.3) is 0 Å². The van der Waals surface area contributed by atoms with Gasteiger partial charge in [0.1, 0.15) is 0 Å². The highest BCUT2D eigenvalue weighted by molar-refractivity contribution is 9.10. The Labute approximate surface area is 133 Å². The summed E-state index contributed by atoms with van der Waals surface area (Å²) in [7, 11) is 0. The zero-order chi connectivity index (χ0) is 14.7. The van der Waals surface area contributed by atoms with Gasteiger partial charge in [-0.25, -0.2) is 4.98 Å². The van der Waals surface area contributed by atoms with Crippen molar-refractivity contribution in [2.45, 2.75) is 25.4 Å². The molecule has 2 aromatic rings. The first-order chi connectivity index (χ1) is 10.3. The van der Waals surface area contributed by atoms with Crippen LogP contribution in [0.1, 0.15) is 30.0 Å². The summed E-state index contributed by atoms with van der Waals surface area (Å²) in [6, 6.07) is 8.56. The van der Waals surface area contributed by atoms with E-state index in [4.69, 9.17) is 5.26 Å². The smallest absolute Gasteiger partial charge is 0.0991 e. The van der Waals surface area contributed by atoms with Gasteiger partial charge in [0.2, 0.25) is 0 Å². The lowest BCUT2D eigenvalue weighted by Gasteiger charge is -2.32. The second-order valence-corrected chi connectivity index (χ2v) is 6.29. The Bertz CT molecular complexity index is 637. The number of piperidine rings is 1. The number of rotatable bonds is 3. The van der Waals surface area contributed by atoms with Gasteiger partial charge in [-0.3, -0.25) is 4.90 Å². The molecular weight excluding hydrogens is 328 g/mol. The Balaban J connectivity index is 1.62. The van der Waals surface area contributed by atoms with Crippen LogP contribution in [0.4, 0.5) is 0 Å². The lowest BCUT2D eigenvalue weighted by atomic mass is 10.0. The van der Waals surface area contributed by atoms with Crippen LogP contribution in [0.5, 0.6) is 0 Å². The standard InChI is InChI=1S/C16H17BrN4/c17-16-2-1-13(10-18)9-14(16)11-20-6-3-15(4-7-20)21-8-5-19-12-21/h1-2,5,8-9,12,15H,3-4,6-7,11H2. The van der Waals surface area contributed by atoms with E-state index in [0.29, 0.717) is 6.04 Å². The Morgan fingerprint density at radius 2 is 2.14 bits per heavy atom. The number of nitrogens with zero attached hydrogens (tertiary/aromatic N) is 4. The molecular formula is C16H17BrN4. The molecule has 1 saturated heterocycles. The molecule has 0 spiro atoms. The van der Waals surface area contributed by atoms with Gasteiger partial charge in [-0.05, 0) is 36.6 Å². The monoisotopic (exact) mass is 344 g/mol. The summed E-state index contributed by atoms with van der Waals surface area (Å²) in [5, 5.41) is 9.01. The summed E-state index contributed by atoms with van der Waals surface area (Å²) in [5.41, 5.74) is 1.91. The van der Waals surface area contributed by atoms with Crippen LogP contribution in [-0.2, 0) is 6.54 Å². The molecule has 1 aromatic heterocycles. The molecule has 0 radical (unpaired) electrons. The van der Waals surface area contributed by atoms with Gasteiger partial charge < -0.3 is 4.57 Å². The second kappa shape index (κ2) is 6.42. The van der Waals surface area contributed by atoms with E-state index in [1.807, 2.05) is 36.9 Å². The van der Waals surface area contributed by atoms with Gasteiger partial charge in [-0.15, -0.1) is 0 Å². The van der Waals surface area contributed by atoms with E-state index in [2.05, 4.69) is 36.5 Å². The summed E-state index contributed by atoms with van der Waals surface area (Å²) >= 11 is 3.58. The number of aromatic nitrogens is 2. The molecule has 5 heteroatoms. The van der Waals surface area contributed by atoms with Crippen molar-refractivity contribution in [1.29, 1.82) is 5.26 Å². The van der Waals surface area contributed by atoms with Crippen molar-refractivity contribution in [1.82, 2.24) is 14.5 Å². The van der Waals surface area contributed by atoms with E-state index in [9.17, 15) is 0 Å². The first-order valence-electron chi connectivity index (χ1n) is 7.14. The maximum absolute atomic E-state index is 9.01. The number of hydrogen-bond acceptors (Lipinski definition) is 3. The normalized spacial score (nSPS) is 16.8. The minimum Gasteiger partial charge on any atom is -0.334 e. The number of nitriles is 1. The minimum absolute atomic E-state index is 0.567. The van der Waals surface area contributed by atoms with E-state index >= 15 is 0 Å². The molecule has 1 aliphatic rings. The third kappa shape index (κ3) is 3.34. The fraction of sp³-hybridized carbons (Fsp3) is 0.375. The largest absolute Gasteiger partial charge is 0.334 e. The van der Waals surface area contributed by atoms with Crippen molar-refractivity contribution >= 4 is 15.9 Å². The van der Waals surface area contributed by atoms with Crippen molar-refractivity contribution in [3.63, 3.8) is 0 Å². The highest BCUT2D eigenvalue weighted by Crippen LogP contribution is 2.25. The molecule has 3 rings (SSSR count). The molecule has 1 aromatic carbocycles. The fourth-order valence-corrected chi connectivity index (χ4v) is 3.24. The van der Waals surface area contributed by atoms with Gasteiger partial charge in [-0.2, -0.15) is 5.26 Å². The van der Waals surface area contributed by atoms with Crippen LogP contribution in [0.2, 0.25) is 0 Å². The number of imidazole rings is 1. The quantitative estimate of drug-likeness (QED) is 0.857. The molecule has 0 unspecified atom stereocenters. The van der Waals surface area contributed by atoms with E-state index in [1.165, 1.54) is 5.56 Å². The summed E-state index contributed by atoms with van der Waals surface area (Å²) in [4.78, 5) is 6.58. The van der Waals surface area contributed by atoms with Crippen LogP contribution in [-0.4, -0.2) is 27.5 Å². The Morgan fingerprint density at radius 3 is 2.81 bits per heavy atom. The maximum atomic E-state index is 9.01. The molecule has 4 nitrogen and oxygen atoms in total. The predicted octanol–water partition coefficient (Wildman–Crippen LogP) is 3.35. The van der Waals surface area contributed by atoms with Crippen molar-refractivity contribution in [2.24, 2.45) is 0 Å². The maximum Gasteiger partial charge on any atom is 0.0991 e. The van der Waals surface area contributed by atoms with Gasteiger partial charge in [0.05, 0.1) is 18.0 Å². The zero-order valence-corrected chi connectivity index (χ0v) is 13.3. The van der Waals surface area contributed by atoms with Gasteiger partial charge in [0, 0.05) is 42.5 Å². The van der Waals surface area contributed by atoms with Crippen LogP contribution in [0, 0.1) is 11.3 Å². The molecule has 0 saturated carbocycles. The highest BCUT2D eigenvalue weighted by atomic mass is 79.9. The lowest BCUT2D eigenvalue weighted by molar-refractivity contribution is 0.179. The highest BCUT2D eigenvalue weighted by Gasteiger charge is 2.20.